The van der Waals surface area contributed by atoms with E-state index in [1.165, 1.54) is 20.1 Å². The summed E-state index contributed by atoms with van der Waals surface area (Å²) in [4.78, 5) is 29.7. The fourth-order valence-electron chi connectivity index (χ4n) is 4.22. The SMILES string of the molecule is CC1=CC[C@@H](C(F)=Cc2coc(CO)n2)OC(=O)C[C@H](O)C(C)(C)C(=O)[C@H](C)[C@@H](O)[C@@H](C)CCC1. The molecule has 0 aromatic carbocycles. The largest absolute Gasteiger partial charge is 0.455 e. The maximum atomic E-state index is 15.1. The van der Waals surface area contributed by atoms with E-state index in [1.54, 1.807) is 13.0 Å². The van der Waals surface area contributed by atoms with Crippen molar-refractivity contribution in [2.24, 2.45) is 17.3 Å². The smallest absolute Gasteiger partial charge is 0.309 e. The van der Waals surface area contributed by atoms with Crippen molar-refractivity contribution < 1.29 is 38.5 Å². The number of allylic oxidation sites excluding steroid dienone is 1. The minimum absolute atomic E-state index is 0.0263. The molecular formula is C26H38FNO7. The van der Waals surface area contributed by atoms with Crippen LogP contribution >= 0.6 is 0 Å². The second kappa shape index (κ2) is 12.6. The number of rotatable bonds is 3. The van der Waals surface area contributed by atoms with Gasteiger partial charge >= 0.3 is 5.97 Å². The summed E-state index contributed by atoms with van der Waals surface area (Å²) in [5.41, 5.74) is -0.219. The van der Waals surface area contributed by atoms with E-state index in [9.17, 15) is 19.8 Å². The Labute approximate surface area is 205 Å². The zero-order valence-electron chi connectivity index (χ0n) is 21.2. The number of carbonyl (C=O) groups is 2. The van der Waals surface area contributed by atoms with E-state index >= 15 is 4.39 Å². The lowest BCUT2D eigenvalue weighted by molar-refractivity contribution is -0.154. The quantitative estimate of drug-likeness (QED) is 0.425. The molecule has 1 aliphatic rings. The number of hydrogen-bond donors (Lipinski definition) is 3. The number of Topliss-reactive ketones (excluding diaryl/α,β-unsaturated/α-hetero) is 1. The molecule has 0 aliphatic carbocycles. The fraction of sp³-hybridized carbons (Fsp3) is 0.654. The molecule has 1 aromatic heterocycles. The lowest BCUT2D eigenvalue weighted by Gasteiger charge is -2.34. The molecular weight excluding hydrogens is 457 g/mol. The lowest BCUT2D eigenvalue weighted by Crippen LogP contribution is -2.45. The van der Waals surface area contributed by atoms with Crippen molar-refractivity contribution in [3.05, 3.63) is 35.3 Å². The van der Waals surface area contributed by atoms with Gasteiger partial charge in [-0.15, -0.1) is 0 Å². The van der Waals surface area contributed by atoms with Gasteiger partial charge in [-0.25, -0.2) is 9.37 Å². The molecule has 0 saturated heterocycles. The average Bonchev–Trinajstić information content (AvgIpc) is 3.26. The van der Waals surface area contributed by atoms with Crippen LogP contribution in [0.4, 0.5) is 4.39 Å². The van der Waals surface area contributed by atoms with E-state index in [1.807, 2.05) is 13.8 Å². The number of carbonyl (C=O) groups excluding carboxylic acids is 2. The first-order valence-corrected chi connectivity index (χ1v) is 12.0. The van der Waals surface area contributed by atoms with Gasteiger partial charge < -0.3 is 24.5 Å². The van der Waals surface area contributed by atoms with Crippen molar-refractivity contribution >= 4 is 17.8 Å². The lowest BCUT2D eigenvalue weighted by atomic mass is 9.73. The molecule has 0 radical (unpaired) electrons. The van der Waals surface area contributed by atoms with Crippen LogP contribution in [0.5, 0.6) is 0 Å². The first kappa shape index (κ1) is 28.9. The Morgan fingerprint density at radius 3 is 2.60 bits per heavy atom. The van der Waals surface area contributed by atoms with Crippen molar-refractivity contribution in [3.63, 3.8) is 0 Å². The summed E-state index contributed by atoms with van der Waals surface area (Å²) in [6.45, 7) is 8.03. The maximum absolute atomic E-state index is 15.1. The van der Waals surface area contributed by atoms with Gasteiger partial charge in [-0.1, -0.05) is 39.3 Å². The fourth-order valence-corrected chi connectivity index (χ4v) is 4.22. The Morgan fingerprint density at radius 2 is 1.97 bits per heavy atom. The molecule has 0 amide bonds. The number of aliphatic hydroxyl groups is 3. The highest BCUT2D eigenvalue weighted by Gasteiger charge is 2.42. The van der Waals surface area contributed by atoms with Gasteiger partial charge in [0.05, 0.1) is 24.0 Å². The Balaban J connectivity index is 2.33. The van der Waals surface area contributed by atoms with Crippen LogP contribution in [0, 0.1) is 17.3 Å². The van der Waals surface area contributed by atoms with E-state index in [0.717, 1.165) is 18.1 Å². The van der Waals surface area contributed by atoms with Crippen LogP contribution in [0.3, 0.4) is 0 Å². The van der Waals surface area contributed by atoms with Crippen molar-refractivity contribution in [1.82, 2.24) is 4.98 Å². The maximum Gasteiger partial charge on any atom is 0.309 e. The van der Waals surface area contributed by atoms with Gasteiger partial charge in [0.15, 0.2) is 6.10 Å². The number of ether oxygens (including phenoxy) is 1. The number of aromatic nitrogens is 1. The van der Waals surface area contributed by atoms with E-state index in [0.29, 0.717) is 12.8 Å². The van der Waals surface area contributed by atoms with Crippen molar-refractivity contribution in [3.8, 4) is 0 Å². The molecule has 35 heavy (non-hydrogen) atoms. The summed E-state index contributed by atoms with van der Waals surface area (Å²) in [6.07, 6.45) is 2.25. The van der Waals surface area contributed by atoms with Crippen LogP contribution in [-0.4, -0.2) is 50.4 Å². The molecule has 2 heterocycles. The predicted octanol–water partition coefficient (Wildman–Crippen LogP) is 3.89. The highest BCUT2D eigenvalue weighted by atomic mass is 19.1. The Bertz CT molecular complexity index is 936. The molecule has 2 rings (SSSR count). The third-order valence-corrected chi connectivity index (χ3v) is 6.82. The molecule has 5 atom stereocenters. The minimum Gasteiger partial charge on any atom is -0.455 e. The third kappa shape index (κ3) is 7.81. The molecule has 1 aromatic rings. The van der Waals surface area contributed by atoms with Crippen molar-refractivity contribution in [1.29, 1.82) is 0 Å². The summed E-state index contributed by atoms with van der Waals surface area (Å²) in [7, 11) is 0. The molecule has 0 fully saturated rings. The Hall–Kier alpha value is -2.36. The monoisotopic (exact) mass is 495 g/mol. The Morgan fingerprint density at radius 1 is 1.29 bits per heavy atom. The van der Waals surface area contributed by atoms with Gasteiger partial charge in [0.25, 0.3) is 0 Å². The topological polar surface area (TPSA) is 130 Å². The summed E-state index contributed by atoms with van der Waals surface area (Å²) in [5, 5.41) is 30.5. The molecule has 0 spiro atoms. The number of halogens is 1. The van der Waals surface area contributed by atoms with Gasteiger partial charge in [-0.3, -0.25) is 9.59 Å². The predicted molar refractivity (Wildman–Crippen MR) is 127 cm³/mol. The average molecular weight is 496 g/mol. The van der Waals surface area contributed by atoms with E-state index < -0.39 is 54.5 Å². The number of hydrogen-bond acceptors (Lipinski definition) is 8. The van der Waals surface area contributed by atoms with Crippen molar-refractivity contribution in [2.45, 2.75) is 91.6 Å². The van der Waals surface area contributed by atoms with Crippen LogP contribution in [0.1, 0.15) is 78.3 Å². The van der Waals surface area contributed by atoms with Crippen LogP contribution in [-0.2, 0) is 20.9 Å². The molecule has 196 valence electrons. The second-order valence-corrected chi connectivity index (χ2v) is 10.1. The van der Waals surface area contributed by atoms with Crippen molar-refractivity contribution in [2.75, 3.05) is 0 Å². The normalized spacial score (nSPS) is 30.0. The van der Waals surface area contributed by atoms with Gasteiger partial charge in [0, 0.05) is 18.4 Å². The van der Waals surface area contributed by atoms with Crippen LogP contribution in [0.2, 0.25) is 0 Å². The van der Waals surface area contributed by atoms with Crippen LogP contribution < -0.4 is 0 Å². The third-order valence-electron chi connectivity index (χ3n) is 6.82. The number of oxazole rings is 1. The van der Waals surface area contributed by atoms with Gasteiger partial charge in [0.1, 0.15) is 30.2 Å². The molecule has 1 aliphatic heterocycles. The number of ketones is 1. The highest BCUT2D eigenvalue weighted by Crippen LogP contribution is 2.32. The molecule has 9 heteroatoms. The number of esters is 1. The molecule has 0 saturated carbocycles. The molecule has 3 N–H and O–H groups in total. The molecule has 0 unspecified atom stereocenters. The van der Waals surface area contributed by atoms with Crippen LogP contribution in [0.15, 0.2) is 28.2 Å². The standard InChI is InChI=1S/C26H38FNO7/c1-15-7-6-8-16(2)24(32)17(3)25(33)26(4,5)21(30)12-23(31)35-20(10-9-15)19(27)11-18-14-34-22(13-29)28-18/h9,11,14,16-17,20-21,24,29-30,32H,6-8,10,12-13H2,1-5H3/t16-,17+,20-,21-,24-/m0/s1. The van der Waals surface area contributed by atoms with Gasteiger partial charge in [-0.2, -0.15) is 0 Å². The first-order chi connectivity index (χ1) is 16.4. The number of aliphatic hydroxyl groups excluding tert-OH is 3. The second-order valence-electron chi connectivity index (χ2n) is 10.1. The van der Waals surface area contributed by atoms with Gasteiger partial charge in [-0.05, 0) is 32.1 Å². The summed E-state index contributed by atoms with van der Waals surface area (Å²) >= 11 is 0. The van der Waals surface area contributed by atoms with E-state index in [2.05, 4.69) is 4.98 Å². The zero-order valence-corrected chi connectivity index (χ0v) is 21.2. The summed E-state index contributed by atoms with van der Waals surface area (Å²) in [6, 6.07) is 0. The Kier molecular flexibility index (Phi) is 10.4. The number of nitrogens with zero attached hydrogens (tertiary/aromatic N) is 1. The number of cyclic esters (lactones) is 1. The summed E-state index contributed by atoms with van der Waals surface area (Å²) < 4.78 is 25.5. The van der Waals surface area contributed by atoms with Crippen LogP contribution in [0.25, 0.3) is 6.08 Å². The highest BCUT2D eigenvalue weighted by molar-refractivity contribution is 5.88. The van der Waals surface area contributed by atoms with E-state index in [4.69, 9.17) is 14.3 Å². The van der Waals surface area contributed by atoms with E-state index in [-0.39, 0.29) is 29.7 Å². The first-order valence-electron chi connectivity index (χ1n) is 12.0. The minimum atomic E-state index is -1.38. The summed E-state index contributed by atoms with van der Waals surface area (Å²) in [5.74, 6) is -2.81. The van der Waals surface area contributed by atoms with Gasteiger partial charge in [0.2, 0.25) is 5.89 Å². The molecule has 0 bridgehead atoms. The zero-order chi connectivity index (χ0) is 26.3. The molecule has 8 nitrogen and oxygen atoms in total.